The van der Waals surface area contributed by atoms with Crippen molar-refractivity contribution in [1.82, 2.24) is 0 Å². The Morgan fingerprint density at radius 2 is 1.86 bits per heavy atom. The largest absolute Gasteiger partial charge is 1.00 e. The summed E-state index contributed by atoms with van der Waals surface area (Å²) in [6.45, 7) is 6.90. The summed E-state index contributed by atoms with van der Waals surface area (Å²) in [6.07, 6.45) is 4.46. The number of benzene rings is 1. The molecule has 1 aromatic carbocycles. The van der Waals surface area contributed by atoms with Crippen molar-refractivity contribution >= 4 is 27.5 Å². The van der Waals surface area contributed by atoms with Crippen LogP contribution in [0.15, 0.2) is 18.2 Å². The monoisotopic (exact) mass is 432 g/mol. The molecule has 0 bridgehead atoms. The molecule has 0 spiro atoms. The van der Waals surface area contributed by atoms with Crippen molar-refractivity contribution in [3.8, 4) is 0 Å². The van der Waals surface area contributed by atoms with Crippen molar-refractivity contribution in [1.29, 1.82) is 0 Å². The molecule has 1 aliphatic heterocycles. The number of nitrogens with zero attached hydrogens (tertiary/aromatic N) is 1. The number of ether oxygens (including phenoxy) is 1. The van der Waals surface area contributed by atoms with Crippen LogP contribution in [0.5, 0.6) is 0 Å². The van der Waals surface area contributed by atoms with E-state index in [4.69, 9.17) is 0 Å². The van der Waals surface area contributed by atoms with Gasteiger partial charge in [-0.15, -0.1) is 0 Å². The van der Waals surface area contributed by atoms with Crippen molar-refractivity contribution in [3.05, 3.63) is 29.3 Å². The van der Waals surface area contributed by atoms with Crippen LogP contribution in [0.1, 0.15) is 63.5 Å². The van der Waals surface area contributed by atoms with E-state index in [1.807, 2.05) is 0 Å². The zero-order valence-corrected chi connectivity index (χ0v) is 21.1. The van der Waals surface area contributed by atoms with Crippen molar-refractivity contribution in [2.45, 2.75) is 64.7 Å². The van der Waals surface area contributed by atoms with Gasteiger partial charge in [0.2, 0.25) is 5.69 Å². The Kier molecular flexibility index (Phi) is 10.0. The van der Waals surface area contributed by atoms with Crippen LogP contribution in [0.4, 0.5) is 5.69 Å². The van der Waals surface area contributed by atoms with Crippen LogP contribution in [0.2, 0.25) is 0 Å². The molecule has 6 nitrogen and oxygen atoms in total. The summed E-state index contributed by atoms with van der Waals surface area (Å²) in [5.74, 6) is -0.516. The van der Waals surface area contributed by atoms with Crippen molar-refractivity contribution in [2.75, 3.05) is 19.4 Å². The number of carbonyl (C=O) groups excluding carboxylic acids is 1. The van der Waals surface area contributed by atoms with Gasteiger partial charge in [0.1, 0.15) is 6.54 Å². The van der Waals surface area contributed by atoms with Crippen LogP contribution in [-0.4, -0.2) is 48.6 Å². The van der Waals surface area contributed by atoms with Gasteiger partial charge in [-0.3, -0.25) is 4.79 Å². The van der Waals surface area contributed by atoms with Crippen LogP contribution < -0.4 is 29.6 Å². The second-order valence-electron chi connectivity index (χ2n) is 7.84. The second-order valence-corrected chi connectivity index (χ2v) is 9.37. The van der Waals surface area contributed by atoms with Gasteiger partial charge in [-0.2, -0.15) is 4.58 Å². The smallest absolute Gasteiger partial charge is 0.748 e. The number of esters is 1. The normalized spacial score (nSPS) is 18.4. The predicted octanol–water partition coefficient (Wildman–Crippen LogP) is 0.434. The summed E-state index contributed by atoms with van der Waals surface area (Å²) < 4.78 is 39.7. The average Bonchev–Trinajstić information content (AvgIpc) is 2.82. The minimum absolute atomic E-state index is 0. The molecular formula is C21H31NNaO5S+. The van der Waals surface area contributed by atoms with E-state index in [0.717, 1.165) is 31.4 Å². The number of hydrogen-bond donors (Lipinski definition) is 0. The van der Waals surface area contributed by atoms with Gasteiger partial charge >= 0.3 is 35.5 Å². The third-order valence-electron chi connectivity index (χ3n) is 5.80. The van der Waals surface area contributed by atoms with Crippen LogP contribution in [-0.2, 0) is 25.1 Å². The average molecular weight is 433 g/mol. The molecule has 156 valence electrons. The Hall–Kier alpha value is -0.730. The van der Waals surface area contributed by atoms with Crippen LogP contribution >= 0.6 is 0 Å². The quantitative estimate of drug-likeness (QED) is 0.176. The molecule has 0 fully saturated rings. The van der Waals surface area contributed by atoms with Crippen LogP contribution in [0.25, 0.3) is 0 Å². The maximum atomic E-state index is 11.3. The zero-order valence-electron chi connectivity index (χ0n) is 18.3. The van der Waals surface area contributed by atoms with Gasteiger partial charge in [0.15, 0.2) is 5.71 Å². The summed E-state index contributed by atoms with van der Waals surface area (Å²) in [6, 6.07) is 6.35. The van der Waals surface area contributed by atoms with E-state index >= 15 is 0 Å². The molecule has 8 heteroatoms. The third kappa shape index (κ3) is 6.89. The van der Waals surface area contributed by atoms with Gasteiger partial charge in [0.25, 0.3) is 0 Å². The molecule has 0 aliphatic carbocycles. The van der Waals surface area contributed by atoms with Gasteiger partial charge < -0.3 is 9.29 Å². The topological polar surface area (TPSA) is 86.5 Å². The van der Waals surface area contributed by atoms with Gasteiger partial charge in [0.05, 0.1) is 22.6 Å². The maximum Gasteiger partial charge on any atom is 1.00 e. The summed E-state index contributed by atoms with van der Waals surface area (Å²) in [4.78, 5) is 11.3. The Morgan fingerprint density at radius 3 is 2.48 bits per heavy atom. The number of carbonyl (C=O) groups is 1. The number of fused-ring (bicyclic) bond motifs is 1. The van der Waals surface area contributed by atoms with Gasteiger partial charge in [-0.25, -0.2) is 8.42 Å². The fourth-order valence-electron chi connectivity index (χ4n) is 4.03. The molecule has 0 N–H and O–H groups in total. The van der Waals surface area contributed by atoms with Crippen LogP contribution in [0.3, 0.4) is 0 Å². The first-order valence-corrected chi connectivity index (χ1v) is 11.4. The van der Waals surface area contributed by atoms with E-state index in [9.17, 15) is 17.8 Å². The standard InChI is InChI=1S/C21H31NO5S.Na/c1-16-10-11-19-18(15-16)21(3,12-7-5-6-9-20(23)27-4)17(2)22(19)13-8-14-28(24,25)26;/h10-11,15H,5-9,12-14H2,1-4H3;/q;+1. The van der Waals surface area contributed by atoms with Crippen LogP contribution in [0, 0.1) is 6.92 Å². The number of aryl methyl sites for hydroxylation is 1. The minimum atomic E-state index is -4.20. The van der Waals surface area contributed by atoms with E-state index < -0.39 is 10.1 Å². The third-order valence-corrected chi connectivity index (χ3v) is 6.59. The molecule has 0 radical (unpaired) electrons. The molecule has 2 rings (SSSR count). The van der Waals surface area contributed by atoms with E-state index in [1.54, 1.807) is 0 Å². The molecule has 1 unspecified atom stereocenters. The fourth-order valence-corrected chi connectivity index (χ4v) is 4.51. The molecule has 1 aliphatic rings. The maximum absolute atomic E-state index is 11.3. The number of rotatable bonds is 10. The molecule has 0 saturated carbocycles. The van der Waals surface area contributed by atoms with E-state index in [2.05, 4.69) is 48.3 Å². The van der Waals surface area contributed by atoms with Crippen molar-refractivity contribution in [2.24, 2.45) is 0 Å². The molecule has 0 aromatic heterocycles. The molecule has 1 aromatic rings. The molecule has 0 amide bonds. The first-order chi connectivity index (χ1) is 13.1. The Labute approximate surface area is 196 Å². The second kappa shape index (κ2) is 11.0. The molecule has 1 atom stereocenters. The number of methoxy groups -OCH3 is 1. The summed E-state index contributed by atoms with van der Waals surface area (Å²) in [5.41, 5.74) is 4.59. The van der Waals surface area contributed by atoms with Gasteiger partial charge in [0, 0.05) is 37.1 Å². The van der Waals surface area contributed by atoms with E-state index in [1.165, 1.54) is 23.9 Å². The Bertz CT molecular complexity index is 866. The first-order valence-electron chi connectivity index (χ1n) is 9.81. The number of unbranched alkanes of at least 4 members (excludes halogenated alkanes) is 2. The Morgan fingerprint density at radius 1 is 1.17 bits per heavy atom. The predicted molar refractivity (Wildman–Crippen MR) is 108 cm³/mol. The molecule has 0 saturated heterocycles. The summed E-state index contributed by atoms with van der Waals surface area (Å²) in [5, 5.41) is 0. The fraction of sp³-hybridized carbons (Fsp3) is 0.619. The van der Waals surface area contributed by atoms with E-state index in [0.29, 0.717) is 19.4 Å². The first kappa shape index (κ1) is 26.3. The minimum Gasteiger partial charge on any atom is -0.748 e. The summed E-state index contributed by atoms with van der Waals surface area (Å²) >= 11 is 0. The summed E-state index contributed by atoms with van der Waals surface area (Å²) in [7, 11) is -2.79. The van der Waals surface area contributed by atoms with Crippen molar-refractivity contribution < 1.29 is 56.6 Å². The SMILES string of the molecule is COC(=O)CCCCCC1(C)C(C)=[N+](CCCS(=O)(=O)[O-])c2ccc(C)cc21.[Na+]. The van der Waals surface area contributed by atoms with Gasteiger partial charge in [-0.1, -0.05) is 24.5 Å². The molecular weight excluding hydrogens is 401 g/mol. The van der Waals surface area contributed by atoms with Gasteiger partial charge in [-0.05, 0) is 32.8 Å². The Balaban J connectivity index is 0.00000420. The van der Waals surface area contributed by atoms with E-state index in [-0.39, 0.29) is 46.7 Å². The molecule has 29 heavy (non-hydrogen) atoms. The zero-order chi connectivity index (χ0) is 20.9. The molecule has 1 heterocycles. The number of hydrogen-bond acceptors (Lipinski definition) is 5. The van der Waals surface area contributed by atoms with Crippen molar-refractivity contribution in [3.63, 3.8) is 0 Å².